The van der Waals surface area contributed by atoms with Crippen LogP contribution in [0.25, 0.3) is 37.7 Å². The highest BCUT2D eigenvalue weighted by Gasteiger charge is 2.13. The second-order valence-electron chi connectivity index (χ2n) is 4.94. The first kappa shape index (κ1) is 10.4. The number of imidazole rings is 1. The van der Waals surface area contributed by atoms with Gasteiger partial charge in [-0.05, 0) is 22.9 Å². The van der Waals surface area contributed by atoms with Crippen LogP contribution in [0.3, 0.4) is 0 Å². The van der Waals surface area contributed by atoms with E-state index in [1.165, 1.54) is 27.2 Å². The third kappa shape index (κ3) is 1.16. The van der Waals surface area contributed by atoms with Crippen molar-refractivity contribution in [1.82, 2.24) is 9.38 Å². The molecule has 0 aliphatic carbocycles. The molecule has 0 saturated carbocycles. The first-order valence-electron chi connectivity index (χ1n) is 6.58. The molecule has 20 heavy (non-hydrogen) atoms. The van der Waals surface area contributed by atoms with E-state index < -0.39 is 0 Å². The molecule has 2 nitrogen and oxygen atoms in total. The van der Waals surface area contributed by atoms with Gasteiger partial charge in [0.2, 0.25) is 0 Å². The van der Waals surface area contributed by atoms with E-state index in [9.17, 15) is 0 Å². The van der Waals surface area contributed by atoms with Crippen molar-refractivity contribution in [2.45, 2.75) is 0 Å². The summed E-state index contributed by atoms with van der Waals surface area (Å²) in [5.41, 5.74) is 3.48. The van der Waals surface area contributed by atoms with Gasteiger partial charge in [0, 0.05) is 10.8 Å². The molecule has 0 saturated heterocycles. The van der Waals surface area contributed by atoms with E-state index in [4.69, 9.17) is 4.98 Å². The van der Waals surface area contributed by atoms with Crippen molar-refractivity contribution in [3.8, 4) is 0 Å². The largest absolute Gasteiger partial charge is 0.291 e. The maximum absolute atomic E-state index is 4.83. The lowest BCUT2D eigenvalue weighted by atomic mass is 10.1. The minimum Gasteiger partial charge on any atom is -0.291 e. The highest BCUT2D eigenvalue weighted by molar-refractivity contribution is 7.16. The predicted molar refractivity (Wildman–Crippen MR) is 85.6 cm³/mol. The molecule has 0 radical (unpaired) electrons. The third-order valence-electron chi connectivity index (χ3n) is 3.89. The molecule has 0 fully saturated rings. The van der Waals surface area contributed by atoms with Crippen LogP contribution in [0, 0.1) is 0 Å². The van der Waals surface area contributed by atoms with Crippen molar-refractivity contribution in [1.29, 1.82) is 0 Å². The van der Waals surface area contributed by atoms with Crippen LogP contribution < -0.4 is 0 Å². The highest BCUT2D eigenvalue weighted by Crippen LogP contribution is 2.33. The summed E-state index contributed by atoms with van der Waals surface area (Å²) in [6, 6.07) is 19.2. The lowest BCUT2D eigenvalue weighted by Gasteiger charge is -2.08. The van der Waals surface area contributed by atoms with Gasteiger partial charge in [0.25, 0.3) is 0 Å². The van der Waals surface area contributed by atoms with E-state index in [2.05, 4.69) is 64.4 Å². The van der Waals surface area contributed by atoms with E-state index in [1.54, 1.807) is 11.3 Å². The van der Waals surface area contributed by atoms with E-state index in [0.29, 0.717) is 0 Å². The molecule has 0 amide bonds. The summed E-state index contributed by atoms with van der Waals surface area (Å²) < 4.78 is 2.28. The predicted octanol–water partition coefficient (Wildman–Crippen LogP) is 4.86. The molecular weight excluding hydrogens is 264 g/mol. The van der Waals surface area contributed by atoms with Gasteiger partial charge in [0.05, 0.1) is 11.0 Å². The van der Waals surface area contributed by atoms with Crippen LogP contribution in [-0.2, 0) is 0 Å². The Morgan fingerprint density at radius 1 is 0.750 bits per heavy atom. The molecule has 0 unspecified atom stereocenters. The van der Waals surface area contributed by atoms with Crippen LogP contribution in [0.5, 0.6) is 0 Å². The maximum Gasteiger partial charge on any atom is 0.147 e. The van der Waals surface area contributed by atoms with Gasteiger partial charge in [-0.2, -0.15) is 0 Å². The van der Waals surface area contributed by atoms with Crippen LogP contribution in [0.2, 0.25) is 0 Å². The number of benzene rings is 2. The number of thiophene rings is 1. The Bertz CT molecular complexity index is 1070. The zero-order valence-corrected chi connectivity index (χ0v) is 11.4. The fourth-order valence-electron chi connectivity index (χ4n) is 3.04. The number of hydrogen-bond donors (Lipinski definition) is 0. The molecule has 3 heterocycles. The quantitative estimate of drug-likeness (QED) is 0.369. The van der Waals surface area contributed by atoms with Crippen molar-refractivity contribution in [3.05, 3.63) is 60.0 Å². The first-order valence-corrected chi connectivity index (χ1v) is 7.46. The topological polar surface area (TPSA) is 17.3 Å². The summed E-state index contributed by atoms with van der Waals surface area (Å²) in [6.07, 6.45) is 0. The zero-order valence-electron chi connectivity index (χ0n) is 10.6. The highest BCUT2D eigenvalue weighted by atomic mass is 32.1. The molecule has 0 bridgehead atoms. The Balaban J connectivity index is 2.27. The van der Waals surface area contributed by atoms with Crippen molar-refractivity contribution in [3.63, 3.8) is 0 Å². The number of nitrogens with zero attached hydrogens (tertiary/aromatic N) is 2. The Morgan fingerprint density at radius 2 is 1.50 bits per heavy atom. The third-order valence-corrected chi connectivity index (χ3v) is 4.68. The molecule has 5 aromatic rings. The SMILES string of the molecule is c1ccc2c(c1)c1ccccc1n1c3ccsc3nc21. The average molecular weight is 274 g/mol. The lowest BCUT2D eigenvalue weighted by molar-refractivity contribution is 1.31. The number of pyridine rings is 1. The molecule has 3 heteroatoms. The van der Waals surface area contributed by atoms with E-state index in [-0.39, 0.29) is 0 Å². The minimum absolute atomic E-state index is 1.06. The Kier molecular flexibility index (Phi) is 1.86. The number of aromatic nitrogens is 2. The van der Waals surface area contributed by atoms with Crippen molar-refractivity contribution < 1.29 is 0 Å². The number of hydrogen-bond acceptors (Lipinski definition) is 2. The van der Waals surface area contributed by atoms with E-state index >= 15 is 0 Å². The summed E-state index contributed by atoms with van der Waals surface area (Å²) in [4.78, 5) is 5.94. The maximum atomic E-state index is 4.83. The van der Waals surface area contributed by atoms with Gasteiger partial charge in [-0.3, -0.25) is 4.40 Å². The van der Waals surface area contributed by atoms with Gasteiger partial charge in [-0.15, -0.1) is 11.3 Å². The summed E-state index contributed by atoms with van der Waals surface area (Å²) in [5, 5.41) is 5.87. The molecule has 3 aromatic heterocycles. The average Bonchev–Trinajstić information content (AvgIpc) is 3.08. The Morgan fingerprint density at radius 3 is 2.40 bits per heavy atom. The van der Waals surface area contributed by atoms with E-state index in [1.807, 2.05) is 0 Å². The van der Waals surface area contributed by atoms with Gasteiger partial charge >= 0.3 is 0 Å². The summed E-state index contributed by atoms with van der Waals surface area (Å²) in [5.74, 6) is 0. The second kappa shape index (κ2) is 3.58. The molecule has 5 rings (SSSR count). The van der Waals surface area contributed by atoms with Crippen LogP contribution in [-0.4, -0.2) is 9.38 Å². The molecule has 0 aliphatic rings. The van der Waals surface area contributed by atoms with Crippen LogP contribution in [0.15, 0.2) is 60.0 Å². The Hall–Kier alpha value is -2.39. The zero-order chi connectivity index (χ0) is 13.1. The lowest BCUT2D eigenvalue weighted by Crippen LogP contribution is -1.90. The van der Waals surface area contributed by atoms with Crippen molar-refractivity contribution in [2.24, 2.45) is 0 Å². The van der Waals surface area contributed by atoms with Crippen molar-refractivity contribution >= 4 is 49.0 Å². The molecule has 0 N–H and O–H groups in total. The summed E-state index contributed by atoms with van der Waals surface area (Å²) in [7, 11) is 0. The molecule has 94 valence electrons. The number of rotatable bonds is 0. The number of para-hydroxylation sites is 1. The summed E-state index contributed by atoms with van der Waals surface area (Å²) in [6.45, 7) is 0. The molecule has 0 aliphatic heterocycles. The first-order chi connectivity index (χ1) is 9.93. The standard InChI is InChI=1S/C17H10N2S/c1-2-7-13-11(5-1)12-6-3-4-8-14(12)19-15-9-10-20-17(15)18-16(13)19/h1-10H. The molecule has 0 atom stereocenters. The van der Waals surface area contributed by atoms with Gasteiger partial charge < -0.3 is 0 Å². The normalized spacial score (nSPS) is 12.0. The fourth-order valence-corrected chi connectivity index (χ4v) is 3.79. The molecule has 2 aromatic carbocycles. The smallest absolute Gasteiger partial charge is 0.147 e. The second-order valence-corrected chi connectivity index (χ2v) is 5.84. The molecular formula is C17H10N2S. The van der Waals surface area contributed by atoms with Gasteiger partial charge in [-0.1, -0.05) is 42.5 Å². The van der Waals surface area contributed by atoms with Gasteiger partial charge in [-0.25, -0.2) is 4.98 Å². The molecule has 0 spiro atoms. The van der Waals surface area contributed by atoms with Crippen LogP contribution >= 0.6 is 11.3 Å². The Labute approximate surface area is 118 Å². The van der Waals surface area contributed by atoms with E-state index in [0.717, 1.165) is 10.5 Å². The summed E-state index contributed by atoms with van der Waals surface area (Å²) >= 11 is 1.70. The number of fused-ring (bicyclic) bond motifs is 8. The minimum atomic E-state index is 1.06. The van der Waals surface area contributed by atoms with Crippen LogP contribution in [0.1, 0.15) is 0 Å². The van der Waals surface area contributed by atoms with Crippen LogP contribution in [0.4, 0.5) is 0 Å². The van der Waals surface area contributed by atoms with Crippen molar-refractivity contribution in [2.75, 3.05) is 0 Å². The monoisotopic (exact) mass is 274 g/mol. The fraction of sp³-hybridized carbons (Fsp3) is 0. The van der Waals surface area contributed by atoms with Gasteiger partial charge in [0.15, 0.2) is 0 Å². The van der Waals surface area contributed by atoms with Gasteiger partial charge in [0.1, 0.15) is 10.5 Å².